The van der Waals surface area contributed by atoms with Crippen LogP contribution in [0, 0.1) is 5.92 Å². The lowest BCUT2D eigenvalue weighted by Crippen LogP contribution is -2.39. The maximum Gasteiger partial charge on any atom is 0.309 e. The lowest BCUT2D eigenvalue weighted by molar-refractivity contribution is -0.155. The highest BCUT2D eigenvalue weighted by Gasteiger charge is 2.27. The molecule has 0 atom stereocenters. The average molecular weight is 316 g/mol. The number of thiocarbonyl (C=S) groups is 1. The smallest absolute Gasteiger partial charge is 0.309 e. The van der Waals surface area contributed by atoms with E-state index in [1.165, 1.54) is 16.7 Å². The number of hydrogen-bond donors (Lipinski definition) is 1. The molecule has 2 aliphatic rings. The minimum atomic E-state index is -0.358. The number of nitrogens with zero attached hydrogens (tertiary/aromatic N) is 1. The number of thioether (sulfide) groups is 1. The molecule has 1 saturated carbocycles. The van der Waals surface area contributed by atoms with E-state index >= 15 is 0 Å². The van der Waals surface area contributed by atoms with Crippen molar-refractivity contribution in [3.05, 3.63) is 0 Å². The van der Waals surface area contributed by atoms with E-state index in [9.17, 15) is 14.4 Å². The molecule has 0 spiro atoms. The van der Waals surface area contributed by atoms with Crippen LogP contribution in [0.25, 0.3) is 0 Å². The van der Waals surface area contributed by atoms with E-state index in [0.29, 0.717) is 23.2 Å². The minimum Gasteiger partial charge on any atom is -0.455 e. The number of esters is 1. The molecular formula is C12H16N2O4S2. The number of ether oxygens (including phenoxy) is 1. The maximum absolute atomic E-state index is 11.5. The molecule has 6 nitrogen and oxygen atoms in total. The van der Waals surface area contributed by atoms with Gasteiger partial charge in [-0.05, 0) is 12.8 Å². The summed E-state index contributed by atoms with van der Waals surface area (Å²) in [7, 11) is 0. The van der Waals surface area contributed by atoms with Crippen molar-refractivity contribution in [3.63, 3.8) is 0 Å². The molecule has 1 heterocycles. The van der Waals surface area contributed by atoms with Gasteiger partial charge in [0.1, 0.15) is 4.32 Å². The summed E-state index contributed by atoms with van der Waals surface area (Å²) < 4.78 is 5.45. The fourth-order valence-corrected chi connectivity index (χ4v) is 2.98. The summed E-state index contributed by atoms with van der Waals surface area (Å²) in [6.45, 7) is 0.391. The summed E-state index contributed by atoms with van der Waals surface area (Å²) in [5.41, 5.74) is 0. The maximum atomic E-state index is 11.5. The highest BCUT2D eigenvalue weighted by molar-refractivity contribution is 8.23. The zero-order chi connectivity index (χ0) is 14.5. The van der Waals surface area contributed by atoms with Crippen LogP contribution in [0.2, 0.25) is 0 Å². The molecular weight excluding hydrogens is 300 g/mol. The third kappa shape index (κ3) is 3.92. The average Bonchev–Trinajstić information content (AvgIpc) is 2.66. The Hall–Kier alpha value is -1.15. The van der Waals surface area contributed by atoms with Crippen LogP contribution >= 0.6 is 24.0 Å². The molecule has 0 aromatic heterocycles. The first-order chi connectivity index (χ1) is 9.58. The Labute approximate surface area is 126 Å². The zero-order valence-electron chi connectivity index (χ0n) is 10.9. The van der Waals surface area contributed by atoms with Gasteiger partial charge in [0.2, 0.25) is 5.91 Å². The lowest BCUT2D eigenvalue weighted by atomic mass is 9.86. The molecule has 0 bridgehead atoms. The van der Waals surface area contributed by atoms with E-state index < -0.39 is 0 Å². The standard InChI is InChI=1S/C12H16N2O4S2/c15-9(6-18-11(17)8-2-1-3-8)13-4-5-14-10(16)7-20-12(14)19/h8H,1-7H2,(H,13,15). The van der Waals surface area contributed by atoms with Gasteiger partial charge in [0.15, 0.2) is 6.61 Å². The van der Waals surface area contributed by atoms with Gasteiger partial charge < -0.3 is 10.1 Å². The second kappa shape index (κ2) is 7.03. The van der Waals surface area contributed by atoms with Crippen molar-refractivity contribution in [1.29, 1.82) is 0 Å². The normalized spacial score (nSPS) is 18.9. The molecule has 20 heavy (non-hydrogen) atoms. The van der Waals surface area contributed by atoms with Crippen molar-refractivity contribution in [1.82, 2.24) is 10.2 Å². The first kappa shape index (κ1) is 15.2. The van der Waals surface area contributed by atoms with E-state index in [1.807, 2.05) is 0 Å². The van der Waals surface area contributed by atoms with Crippen LogP contribution in [0.1, 0.15) is 19.3 Å². The highest BCUT2D eigenvalue weighted by Crippen LogP contribution is 2.27. The highest BCUT2D eigenvalue weighted by atomic mass is 32.2. The van der Waals surface area contributed by atoms with Crippen molar-refractivity contribution < 1.29 is 19.1 Å². The van der Waals surface area contributed by atoms with Crippen LogP contribution in [0.3, 0.4) is 0 Å². The molecule has 0 radical (unpaired) electrons. The van der Waals surface area contributed by atoms with Gasteiger partial charge in [-0.1, -0.05) is 30.4 Å². The third-order valence-electron chi connectivity index (χ3n) is 3.28. The molecule has 1 aliphatic heterocycles. The number of nitrogens with one attached hydrogen (secondary N) is 1. The molecule has 0 aromatic carbocycles. The SMILES string of the molecule is O=C(COC(=O)C1CCC1)NCCN1C(=O)CSC1=S. The van der Waals surface area contributed by atoms with E-state index in [-0.39, 0.29) is 30.3 Å². The Morgan fingerprint density at radius 2 is 2.20 bits per heavy atom. The summed E-state index contributed by atoms with van der Waals surface area (Å²) in [5, 5.41) is 2.60. The zero-order valence-corrected chi connectivity index (χ0v) is 12.6. The van der Waals surface area contributed by atoms with Crippen molar-refractivity contribution >= 4 is 46.1 Å². The molecule has 1 N–H and O–H groups in total. The number of hydrogen-bond acceptors (Lipinski definition) is 6. The fraction of sp³-hybridized carbons (Fsp3) is 0.667. The Kier molecular flexibility index (Phi) is 5.36. The van der Waals surface area contributed by atoms with E-state index in [4.69, 9.17) is 17.0 Å². The van der Waals surface area contributed by atoms with Crippen LogP contribution in [-0.2, 0) is 19.1 Å². The minimum absolute atomic E-state index is 0.0283. The van der Waals surface area contributed by atoms with Crippen LogP contribution in [0.4, 0.5) is 0 Å². The van der Waals surface area contributed by atoms with Gasteiger partial charge in [-0.25, -0.2) is 0 Å². The molecule has 8 heteroatoms. The summed E-state index contributed by atoms with van der Waals surface area (Å²) in [6.07, 6.45) is 2.76. The van der Waals surface area contributed by atoms with Gasteiger partial charge in [0.25, 0.3) is 5.91 Å². The molecule has 2 fully saturated rings. The first-order valence-corrected chi connectivity index (χ1v) is 7.88. The van der Waals surface area contributed by atoms with Crippen LogP contribution in [0.5, 0.6) is 0 Å². The van der Waals surface area contributed by atoms with Crippen molar-refractivity contribution in [2.24, 2.45) is 5.92 Å². The number of carbonyl (C=O) groups is 3. The topological polar surface area (TPSA) is 75.7 Å². The molecule has 1 aliphatic carbocycles. The third-order valence-corrected chi connectivity index (χ3v) is 4.71. The Morgan fingerprint density at radius 1 is 1.45 bits per heavy atom. The van der Waals surface area contributed by atoms with Gasteiger partial charge in [-0.2, -0.15) is 0 Å². The Bertz CT molecular complexity index is 421. The van der Waals surface area contributed by atoms with Crippen LogP contribution < -0.4 is 5.32 Å². The fourth-order valence-electron chi connectivity index (χ4n) is 1.85. The van der Waals surface area contributed by atoms with E-state index in [2.05, 4.69) is 5.32 Å². The van der Waals surface area contributed by atoms with Crippen LogP contribution in [-0.4, -0.2) is 52.5 Å². The lowest BCUT2D eigenvalue weighted by Gasteiger charge is -2.22. The Morgan fingerprint density at radius 3 is 2.75 bits per heavy atom. The first-order valence-electron chi connectivity index (χ1n) is 6.48. The number of rotatable bonds is 6. The molecule has 0 aromatic rings. The summed E-state index contributed by atoms with van der Waals surface area (Å²) in [5.74, 6) is -0.349. The van der Waals surface area contributed by atoms with Crippen molar-refractivity contribution in [2.45, 2.75) is 19.3 Å². The molecule has 2 amide bonds. The van der Waals surface area contributed by atoms with Gasteiger partial charge in [-0.15, -0.1) is 0 Å². The summed E-state index contributed by atoms with van der Waals surface area (Å²) in [6, 6.07) is 0. The predicted molar refractivity (Wildman–Crippen MR) is 78.1 cm³/mol. The quantitative estimate of drug-likeness (QED) is 0.561. The van der Waals surface area contributed by atoms with Gasteiger partial charge in [0.05, 0.1) is 11.7 Å². The van der Waals surface area contributed by atoms with Crippen LogP contribution in [0.15, 0.2) is 0 Å². The molecule has 0 unspecified atom stereocenters. The largest absolute Gasteiger partial charge is 0.455 e. The summed E-state index contributed by atoms with van der Waals surface area (Å²) in [4.78, 5) is 35.8. The molecule has 2 rings (SSSR count). The van der Waals surface area contributed by atoms with E-state index in [0.717, 1.165) is 19.3 Å². The van der Waals surface area contributed by atoms with Gasteiger partial charge >= 0.3 is 5.97 Å². The second-order valence-corrected chi connectivity index (χ2v) is 6.29. The summed E-state index contributed by atoms with van der Waals surface area (Å²) >= 11 is 6.34. The van der Waals surface area contributed by atoms with Crippen molar-refractivity contribution in [2.75, 3.05) is 25.4 Å². The number of amides is 2. The second-order valence-electron chi connectivity index (χ2n) is 4.69. The molecule has 110 valence electrons. The van der Waals surface area contributed by atoms with Gasteiger partial charge in [-0.3, -0.25) is 19.3 Å². The van der Waals surface area contributed by atoms with E-state index in [1.54, 1.807) is 0 Å². The molecule has 1 saturated heterocycles. The number of carbonyl (C=O) groups excluding carboxylic acids is 3. The monoisotopic (exact) mass is 316 g/mol. The van der Waals surface area contributed by atoms with Gasteiger partial charge in [0, 0.05) is 13.1 Å². The predicted octanol–water partition coefficient (Wildman–Crippen LogP) is 0.306. The Balaban J connectivity index is 1.59. The van der Waals surface area contributed by atoms with Crippen molar-refractivity contribution in [3.8, 4) is 0 Å².